The monoisotopic (exact) mass is 1230 g/mol. The van der Waals surface area contributed by atoms with E-state index in [-0.39, 0.29) is 31.6 Å². The molecule has 7 atom stereocenters. The van der Waals surface area contributed by atoms with Gasteiger partial charge in [0, 0.05) is 54.1 Å². The molecule has 2 saturated heterocycles. The first-order valence-corrected chi connectivity index (χ1v) is 31.1. The maximum Gasteiger partial charge on any atom is 0.330 e. The summed E-state index contributed by atoms with van der Waals surface area (Å²) in [6, 6.07) is 53.5. The maximum atomic E-state index is 13.8. The molecule has 454 valence electrons. The maximum absolute atomic E-state index is 13.8. The summed E-state index contributed by atoms with van der Waals surface area (Å²) < 4.78 is 68.7. The quantitative estimate of drug-likeness (QED) is 0.0451. The van der Waals surface area contributed by atoms with Crippen molar-refractivity contribution in [3.63, 3.8) is 0 Å². The van der Waals surface area contributed by atoms with Gasteiger partial charge in [-0.1, -0.05) is 109 Å². The highest BCUT2D eigenvalue weighted by atomic mass is 32.5. The summed E-state index contributed by atoms with van der Waals surface area (Å²) in [4.78, 5) is 62.4. The fraction of sp³-hybridized carbons (Fsp3) is 0.269. The normalized spacial score (nSPS) is 19.2. The van der Waals surface area contributed by atoms with Gasteiger partial charge in [0.05, 0.1) is 53.9 Å². The van der Waals surface area contributed by atoms with Crippen molar-refractivity contribution in [2.75, 3.05) is 41.7 Å². The summed E-state index contributed by atoms with van der Waals surface area (Å²) >= 11 is 6.73. The Kier molecular flexibility index (Phi) is 18.3. The number of nitrogens with one attached hydrogen (secondary N) is 2. The third-order valence-corrected chi connectivity index (χ3v) is 19.2. The van der Waals surface area contributed by atoms with Gasteiger partial charge in [-0.05, 0) is 120 Å². The Labute approximate surface area is 512 Å². The average Bonchev–Trinajstić information content (AvgIpc) is 1.40. The molecular weight excluding hydrogens is 1160 g/mol. The standard InChI is InChI=1S/C67H66N5O14PS/c1-43-39-71(64(75)69-62(43)73)60-37-56(85-67(46-15-11-8-12-16-46,49-21-29-53(79-5)30-22-49)50-23-31-54(80-6)32-24-50)59(84-60)42-82-87(88,55-33-35-68-36-34-55)86-57-38-61(72-40-44(2)63(74)70-65(72)76)83-58(57)41-81-66(45-13-9-7-10-14-45,47-17-25-51(77-3)26-18-47)48-19-27-52(78-4)28-20-48/h7-36,39-40,56-61H,37-38,41-42H2,1-6H3,(H,69,73,75)(H,70,74,76)/t56-,57-,58+,59+,60+,61+,87?/m0/s1. The van der Waals surface area contributed by atoms with Crippen molar-refractivity contribution in [1.82, 2.24) is 24.1 Å². The highest BCUT2D eigenvalue weighted by Crippen LogP contribution is 2.54. The van der Waals surface area contributed by atoms with Crippen LogP contribution in [0.2, 0.25) is 0 Å². The molecule has 5 heterocycles. The molecule has 88 heavy (non-hydrogen) atoms. The van der Waals surface area contributed by atoms with E-state index in [2.05, 4.69) is 15.0 Å². The van der Waals surface area contributed by atoms with Crippen molar-refractivity contribution >= 4 is 23.6 Å². The summed E-state index contributed by atoms with van der Waals surface area (Å²) in [5.41, 5.74) is 0.0505. The zero-order valence-electron chi connectivity index (χ0n) is 49.2. The molecule has 0 amide bonds. The SMILES string of the molecule is COc1ccc(C(OC[C@H]2O[C@@H](n3cc(C)c(=O)[nH]c3=O)C[C@@H]2OP(=S)(OC[C@H]2O[C@@H](n3cc(C)c(=O)[nH]c3=O)C[C@@H]2OC(c2ccccc2)(c2ccc(OC)cc2)c2ccc(OC)cc2)c2ccncc2)(c2ccccc2)c2ccc(OC)cc2)cc1. The molecular formula is C67H66N5O14PS. The van der Waals surface area contributed by atoms with Gasteiger partial charge in [-0.2, -0.15) is 0 Å². The third-order valence-electron chi connectivity index (χ3n) is 16.1. The molecule has 2 aliphatic rings. The summed E-state index contributed by atoms with van der Waals surface area (Å²) in [5, 5.41) is 0.488. The van der Waals surface area contributed by atoms with Gasteiger partial charge in [0.1, 0.15) is 58.9 Å². The number of aromatic nitrogens is 5. The summed E-state index contributed by atoms with van der Waals surface area (Å²) in [7, 11) is 6.41. The average molecular weight is 1230 g/mol. The minimum Gasteiger partial charge on any atom is -0.497 e. The molecule has 0 saturated carbocycles. The molecule has 3 aromatic heterocycles. The minimum absolute atomic E-state index is 0.0429. The Balaban J connectivity index is 1.01. The van der Waals surface area contributed by atoms with Gasteiger partial charge in [-0.15, -0.1) is 0 Å². The fourth-order valence-electron chi connectivity index (χ4n) is 11.5. The molecule has 9 aromatic rings. The van der Waals surface area contributed by atoms with Gasteiger partial charge in [-0.25, -0.2) is 9.59 Å². The Hall–Kier alpha value is -8.56. The van der Waals surface area contributed by atoms with E-state index in [0.717, 1.165) is 33.4 Å². The van der Waals surface area contributed by atoms with E-state index in [1.165, 1.54) is 21.5 Å². The van der Waals surface area contributed by atoms with Crippen LogP contribution in [0.15, 0.2) is 214 Å². The second-order valence-electron chi connectivity index (χ2n) is 21.3. The number of pyridine rings is 1. The topological polar surface area (TPSA) is 215 Å². The van der Waals surface area contributed by atoms with Crippen LogP contribution in [0, 0.1) is 13.8 Å². The van der Waals surface area contributed by atoms with Crippen LogP contribution in [0.25, 0.3) is 0 Å². The molecule has 21 heteroatoms. The lowest BCUT2D eigenvalue weighted by Crippen LogP contribution is -2.41. The van der Waals surface area contributed by atoms with Crippen molar-refractivity contribution < 1.29 is 46.9 Å². The number of H-pyrrole nitrogens is 2. The van der Waals surface area contributed by atoms with E-state index < -0.39 is 77.1 Å². The first kappa shape index (κ1) is 61.1. The van der Waals surface area contributed by atoms with E-state index in [4.69, 9.17) is 58.7 Å². The van der Waals surface area contributed by atoms with Crippen LogP contribution in [0.4, 0.5) is 0 Å². The smallest absolute Gasteiger partial charge is 0.330 e. The number of rotatable bonds is 23. The molecule has 2 N–H and O–H groups in total. The predicted molar refractivity (Wildman–Crippen MR) is 334 cm³/mol. The van der Waals surface area contributed by atoms with Crippen LogP contribution < -0.4 is 46.8 Å². The molecule has 0 spiro atoms. The molecule has 2 fully saturated rings. The van der Waals surface area contributed by atoms with Gasteiger partial charge >= 0.3 is 11.4 Å². The number of methoxy groups -OCH3 is 4. The van der Waals surface area contributed by atoms with E-state index in [9.17, 15) is 19.2 Å². The van der Waals surface area contributed by atoms with Crippen LogP contribution >= 0.6 is 6.49 Å². The second-order valence-corrected chi connectivity index (χ2v) is 24.7. The lowest BCUT2D eigenvalue weighted by molar-refractivity contribution is -0.0993. The number of benzene rings is 6. The number of ether oxygens (including phenoxy) is 8. The second kappa shape index (κ2) is 26.4. The van der Waals surface area contributed by atoms with Crippen LogP contribution in [-0.2, 0) is 51.0 Å². The first-order chi connectivity index (χ1) is 42.7. The number of hydrogen-bond donors (Lipinski definition) is 2. The molecule has 0 aliphatic carbocycles. The lowest BCUT2D eigenvalue weighted by atomic mass is 9.79. The summed E-state index contributed by atoms with van der Waals surface area (Å²) in [5.74, 6) is 2.54. The zero-order chi connectivity index (χ0) is 61.6. The minimum atomic E-state index is -3.80. The molecule has 2 aliphatic heterocycles. The largest absolute Gasteiger partial charge is 0.497 e. The van der Waals surface area contributed by atoms with Gasteiger partial charge in [0.25, 0.3) is 11.1 Å². The Morgan fingerprint density at radius 2 is 0.886 bits per heavy atom. The van der Waals surface area contributed by atoms with E-state index >= 15 is 0 Å². The molecule has 0 radical (unpaired) electrons. The van der Waals surface area contributed by atoms with Crippen molar-refractivity contribution in [1.29, 1.82) is 0 Å². The predicted octanol–water partition coefficient (Wildman–Crippen LogP) is 9.13. The Bertz CT molecular complexity index is 4040. The van der Waals surface area contributed by atoms with E-state index in [1.54, 1.807) is 66.8 Å². The highest BCUT2D eigenvalue weighted by Gasteiger charge is 2.49. The summed E-state index contributed by atoms with van der Waals surface area (Å²) in [6.07, 6.45) is 0.501. The molecule has 6 aromatic carbocycles. The van der Waals surface area contributed by atoms with Gasteiger partial charge in [0.2, 0.25) is 6.49 Å². The first-order valence-electron chi connectivity index (χ1n) is 28.5. The Morgan fingerprint density at radius 1 is 0.511 bits per heavy atom. The van der Waals surface area contributed by atoms with E-state index in [0.29, 0.717) is 33.9 Å². The number of aryl methyl sites for hydroxylation is 2. The zero-order valence-corrected chi connectivity index (χ0v) is 50.9. The fourth-order valence-corrected chi connectivity index (χ4v) is 14.1. The van der Waals surface area contributed by atoms with Crippen LogP contribution in [0.3, 0.4) is 0 Å². The molecule has 19 nitrogen and oxygen atoms in total. The van der Waals surface area contributed by atoms with Gasteiger partial charge in [0.15, 0.2) is 0 Å². The number of hydrogen-bond acceptors (Lipinski definition) is 16. The van der Waals surface area contributed by atoms with Crippen molar-refractivity contribution in [2.45, 2.75) is 74.8 Å². The van der Waals surface area contributed by atoms with Crippen LogP contribution in [-0.4, -0.2) is 90.2 Å². The van der Waals surface area contributed by atoms with Crippen LogP contribution in [0.1, 0.15) is 69.8 Å². The molecule has 1 unspecified atom stereocenters. The lowest BCUT2D eigenvalue weighted by Gasteiger charge is -2.39. The van der Waals surface area contributed by atoms with Crippen LogP contribution in [0.5, 0.6) is 23.0 Å². The van der Waals surface area contributed by atoms with Crippen molar-refractivity contribution in [3.8, 4) is 23.0 Å². The van der Waals surface area contributed by atoms with Gasteiger partial charge < -0.3 is 46.9 Å². The Morgan fingerprint density at radius 3 is 1.31 bits per heavy atom. The van der Waals surface area contributed by atoms with Gasteiger partial charge in [-0.3, -0.25) is 33.7 Å². The third kappa shape index (κ3) is 12.3. The number of aromatic amines is 2. The summed E-state index contributed by atoms with van der Waals surface area (Å²) in [6.45, 7) is -0.982. The molecule has 11 rings (SSSR count). The van der Waals surface area contributed by atoms with Crippen molar-refractivity contribution in [2.24, 2.45) is 0 Å². The number of nitrogens with zero attached hydrogens (tertiary/aromatic N) is 3. The van der Waals surface area contributed by atoms with Crippen molar-refractivity contribution in [3.05, 3.63) is 281 Å². The molecule has 0 bridgehead atoms. The highest BCUT2D eigenvalue weighted by molar-refractivity contribution is 8.13. The van der Waals surface area contributed by atoms with E-state index in [1.807, 2.05) is 158 Å².